The minimum atomic E-state index is -0.0943. The van der Waals surface area contributed by atoms with Crippen LogP contribution in [0.15, 0.2) is 40.3 Å². The minimum Gasteiger partial charge on any atom is -0.384 e. The Morgan fingerprint density at radius 2 is 2.05 bits per heavy atom. The third kappa shape index (κ3) is 4.73. The van der Waals surface area contributed by atoms with Gasteiger partial charge in [0, 0.05) is 30.7 Å². The van der Waals surface area contributed by atoms with Crippen LogP contribution in [0.1, 0.15) is 12.7 Å². The van der Waals surface area contributed by atoms with Crippen molar-refractivity contribution in [2.75, 3.05) is 18.2 Å². The van der Waals surface area contributed by atoms with Crippen molar-refractivity contribution in [1.82, 2.24) is 9.97 Å². The van der Waals surface area contributed by atoms with Gasteiger partial charge in [-0.3, -0.25) is 4.79 Å². The summed E-state index contributed by atoms with van der Waals surface area (Å²) >= 11 is 1.47. The normalized spacial score (nSPS) is 10.4. The van der Waals surface area contributed by atoms with Gasteiger partial charge < -0.3 is 15.8 Å². The molecule has 0 spiro atoms. The van der Waals surface area contributed by atoms with E-state index < -0.39 is 0 Å². The first-order valence-electron chi connectivity index (χ1n) is 6.24. The third-order valence-corrected chi connectivity index (χ3v) is 3.37. The van der Waals surface area contributed by atoms with E-state index in [2.05, 4.69) is 15.3 Å². The van der Waals surface area contributed by atoms with E-state index in [-0.39, 0.29) is 5.91 Å². The summed E-state index contributed by atoms with van der Waals surface area (Å²) in [4.78, 5) is 20.4. The first-order valence-corrected chi connectivity index (χ1v) is 7.06. The fraction of sp³-hybridized carbons (Fsp3) is 0.214. The number of hydrogen-bond donors (Lipinski definition) is 2. The van der Waals surface area contributed by atoms with E-state index in [4.69, 9.17) is 10.5 Å². The lowest BCUT2D eigenvalue weighted by Crippen LogP contribution is -2.05. The maximum absolute atomic E-state index is 11.0. The Morgan fingerprint density at radius 1 is 1.33 bits per heavy atom. The summed E-state index contributed by atoms with van der Waals surface area (Å²) in [6, 6.07) is 9.20. The molecule has 0 unspecified atom stereocenters. The number of carbonyl (C=O) groups excluding carboxylic acids is 1. The van der Waals surface area contributed by atoms with Crippen molar-refractivity contribution in [2.24, 2.45) is 0 Å². The first kappa shape index (κ1) is 15.3. The molecule has 2 aromatic rings. The van der Waals surface area contributed by atoms with Crippen LogP contribution in [0.5, 0.6) is 0 Å². The van der Waals surface area contributed by atoms with Gasteiger partial charge in [-0.25, -0.2) is 9.97 Å². The van der Waals surface area contributed by atoms with Crippen molar-refractivity contribution in [1.29, 1.82) is 0 Å². The molecular formula is C14H16N4O2S. The summed E-state index contributed by atoms with van der Waals surface area (Å²) < 4.78 is 5.01. The molecule has 0 saturated carbocycles. The number of benzene rings is 1. The van der Waals surface area contributed by atoms with Gasteiger partial charge in [0.15, 0.2) is 5.82 Å². The number of hydrogen-bond acceptors (Lipinski definition) is 6. The van der Waals surface area contributed by atoms with E-state index in [1.165, 1.54) is 18.7 Å². The van der Waals surface area contributed by atoms with Gasteiger partial charge in [0.2, 0.25) is 5.91 Å². The number of anilines is 2. The van der Waals surface area contributed by atoms with E-state index in [0.717, 1.165) is 15.6 Å². The molecule has 3 N–H and O–H groups in total. The molecule has 2 rings (SSSR count). The molecule has 6 nitrogen and oxygen atoms in total. The molecule has 7 heteroatoms. The Bertz CT molecular complexity index is 631. The van der Waals surface area contributed by atoms with Gasteiger partial charge in [-0.15, -0.1) is 0 Å². The summed E-state index contributed by atoms with van der Waals surface area (Å²) in [5.74, 6) is 0.868. The summed E-state index contributed by atoms with van der Waals surface area (Å²) in [6.07, 6.45) is 0. The monoisotopic (exact) mass is 304 g/mol. The molecule has 1 heterocycles. The zero-order valence-electron chi connectivity index (χ0n) is 11.8. The molecule has 0 aliphatic heterocycles. The SMILES string of the molecule is COCc1nc(N)cc(Sc2ccc(NC(C)=O)cc2)n1. The van der Waals surface area contributed by atoms with Gasteiger partial charge in [-0.1, -0.05) is 11.8 Å². The number of nitrogens with two attached hydrogens (primary N) is 1. The second-order valence-electron chi connectivity index (χ2n) is 4.29. The standard InChI is InChI=1S/C14H16N4O2S/c1-9(19)16-10-3-5-11(6-4-10)21-14-7-12(15)17-13(18-14)8-20-2/h3-7H,8H2,1-2H3,(H,16,19)(H2,15,17,18). The molecule has 0 radical (unpaired) electrons. The molecule has 0 fully saturated rings. The van der Waals surface area contributed by atoms with Gasteiger partial charge in [-0.05, 0) is 24.3 Å². The molecule has 0 bridgehead atoms. The molecule has 1 aromatic carbocycles. The smallest absolute Gasteiger partial charge is 0.221 e. The van der Waals surface area contributed by atoms with E-state index in [0.29, 0.717) is 18.2 Å². The Kier molecular flexibility index (Phi) is 5.13. The Labute approximate surface area is 127 Å². The van der Waals surface area contributed by atoms with Gasteiger partial charge in [-0.2, -0.15) is 0 Å². The number of rotatable bonds is 5. The van der Waals surface area contributed by atoms with Gasteiger partial charge in [0.05, 0.1) is 0 Å². The summed E-state index contributed by atoms with van der Waals surface area (Å²) in [6.45, 7) is 1.80. The van der Waals surface area contributed by atoms with Crippen LogP contribution in [0, 0.1) is 0 Å². The van der Waals surface area contributed by atoms with Crippen LogP contribution in [0.2, 0.25) is 0 Å². The second-order valence-corrected chi connectivity index (χ2v) is 5.38. The van der Waals surface area contributed by atoms with Gasteiger partial charge in [0.25, 0.3) is 0 Å². The van der Waals surface area contributed by atoms with Crippen LogP contribution in [0.3, 0.4) is 0 Å². The van der Waals surface area contributed by atoms with Gasteiger partial charge >= 0.3 is 0 Å². The zero-order valence-corrected chi connectivity index (χ0v) is 12.6. The Hall–Kier alpha value is -2.12. The maximum atomic E-state index is 11.0. The van der Waals surface area contributed by atoms with Gasteiger partial charge in [0.1, 0.15) is 17.5 Å². The number of nitrogens with one attached hydrogen (secondary N) is 1. The van der Waals surface area contributed by atoms with Crippen LogP contribution in [0.4, 0.5) is 11.5 Å². The molecule has 0 aliphatic carbocycles. The van der Waals surface area contributed by atoms with Crippen LogP contribution in [-0.2, 0) is 16.1 Å². The Morgan fingerprint density at radius 3 is 2.67 bits per heavy atom. The number of aromatic nitrogens is 2. The quantitative estimate of drug-likeness (QED) is 0.824. The third-order valence-electron chi connectivity index (χ3n) is 2.44. The highest BCUT2D eigenvalue weighted by atomic mass is 32.2. The van der Waals surface area contributed by atoms with Crippen LogP contribution in [-0.4, -0.2) is 23.0 Å². The summed E-state index contributed by atoms with van der Waals surface area (Å²) in [5, 5.41) is 3.47. The number of nitrogens with zero attached hydrogens (tertiary/aromatic N) is 2. The predicted octanol–water partition coefficient (Wildman–Crippen LogP) is 2.31. The molecule has 0 saturated heterocycles. The Balaban J connectivity index is 2.12. The summed E-state index contributed by atoms with van der Waals surface area (Å²) in [7, 11) is 1.58. The van der Waals surface area contributed by atoms with Crippen LogP contribution >= 0.6 is 11.8 Å². The largest absolute Gasteiger partial charge is 0.384 e. The lowest BCUT2D eigenvalue weighted by Gasteiger charge is -2.06. The van der Waals surface area contributed by atoms with Crippen molar-refractivity contribution < 1.29 is 9.53 Å². The average Bonchev–Trinajstić information content (AvgIpc) is 2.40. The number of carbonyl (C=O) groups is 1. The fourth-order valence-corrected chi connectivity index (χ4v) is 2.51. The van der Waals surface area contributed by atoms with Crippen molar-refractivity contribution in [3.8, 4) is 0 Å². The molecule has 21 heavy (non-hydrogen) atoms. The van der Waals surface area contributed by atoms with E-state index in [9.17, 15) is 4.79 Å². The van der Waals surface area contributed by atoms with Crippen LogP contribution in [0.25, 0.3) is 0 Å². The number of nitrogen functional groups attached to an aromatic ring is 1. The molecule has 1 amide bonds. The van der Waals surface area contributed by atoms with E-state index >= 15 is 0 Å². The average molecular weight is 304 g/mol. The van der Waals surface area contributed by atoms with E-state index in [1.807, 2.05) is 24.3 Å². The molecule has 0 atom stereocenters. The minimum absolute atomic E-state index is 0.0943. The zero-order chi connectivity index (χ0) is 15.2. The van der Waals surface area contributed by atoms with Crippen molar-refractivity contribution in [3.05, 3.63) is 36.2 Å². The molecule has 0 aliphatic rings. The predicted molar refractivity (Wildman–Crippen MR) is 82.0 cm³/mol. The molecule has 1 aromatic heterocycles. The highest BCUT2D eigenvalue weighted by molar-refractivity contribution is 7.99. The molecule has 110 valence electrons. The second kappa shape index (κ2) is 7.05. The maximum Gasteiger partial charge on any atom is 0.221 e. The summed E-state index contributed by atoms with van der Waals surface area (Å²) in [5.41, 5.74) is 6.51. The topological polar surface area (TPSA) is 90.1 Å². The number of methoxy groups -OCH3 is 1. The van der Waals surface area contributed by atoms with E-state index in [1.54, 1.807) is 13.2 Å². The number of amides is 1. The lowest BCUT2D eigenvalue weighted by molar-refractivity contribution is -0.114. The lowest BCUT2D eigenvalue weighted by atomic mass is 10.3. The fourth-order valence-electron chi connectivity index (χ4n) is 1.67. The van der Waals surface area contributed by atoms with Crippen LogP contribution < -0.4 is 11.1 Å². The molecular weight excluding hydrogens is 288 g/mol. The highest BCUT2D eigenvalue weighted by Crippen LogP contribution is 2.28. The van der Waals surface area contributed by atoms with Crippen molar-refractivity contribution in [2.45, 2.75) is 23.5 Å². The van der Waals surface area contributed by atoms with Crippen molar-refractivity contribution >= 4 is 29.2 Å². The van der Waals surface area contributed by atoms with Crippen molar-refractivity contribution in [3.63, 3.8) is 0 Å². The highest BCUT2D eigenvalue weighted by Gasteiger charge is 2.05. The number of ether oxygens (including phenoxy) is 1. The first-order chi connectivity index (χ1) is 10.1.